The van der Waals surface area contributed by atoms with E-state index in [-0.39, 0.29) is 23.0 Å². The van der Waals surface area contributed by atoms with Gasteiger partial charge in [0.1, 0.15) is 28.9 Å². The smallest absolute Gasteiger partial charge is 0.193 e. The second-order valence-corrected chi connectivity index (χ2v) is 8.83. The lowest BCUT2D eigenvalue weighted by Gasteiger charge is -2.42. The summed E-state index contributed by atoms with van der Waals surface area (Å²) in [5.74, 6) is 0.561. The van der Waals surface area contributed by atoms with Crippen LogP contribution in [0, 0.1) is 5.92 Å². The number of aromatic hydroxyl groups is 1. The number of allylic oxidation sites excluding steroid dienone is 1. The summed E-state index contributed by atoms with van der Waals surface area (Å²) >= 11 is 0. The molecule has 0 spiro atoms. The summed E-state index contributed by atoms with van der Waals surface area (Å²) in [6, 6.07) is 11.0. The second kappa shape index (κ2) is 8.39. The molecule has 164 valence electrons. The van der Waals surface area contributed by atoms with E-state index >= 15 is 0 Å². The van der Waals surface area contributed by atoms with Crippen LogP contribution in [0.5, 0.6) is 17.2 Å². The molecule has 5 heteroatoms. The monoisotopic (exact) mass is 422 g/mol. The predicted molar refractivity (Wildman–Crippen MR) is 120 cm³/mol. The van der Waals surface area contributed by atoms with Crippen LogP contribution in [0.15, 0.2) is 42.5 Å². The quantitative estimate of drug-likeness (QED) is 0.500. The molecule has 1 aliphatic carbocycles. The maximum Gasteiger partial charge on any atom is 0.193 e. The van der Waals surface area contributed by atoms with Gasteiger partial charge in [-0.3, -0.25) is 4.79 Å². The molecular weight excluding hydrogens is 392 g/mol. The largest absolute Gasteiger partial charge is 0.507 e. The van der Waals surface area contributed by atoms with Crippen molar-refractivity contribution in [2.75, 3.05) is 7.11 Å². The van der Waals surface area contributed by atoms with Crippen molar-refractivity contribution in [1.82, 2.24) is 0 Å². The van der Waals surface area contributed by atoms with Crippen molar-refractivity contribution < 1.29 is 24.5 Å². The van der Waals surface area contributed by atoms with Crippen LogP contribution in [-0.4, -0.2) is 34.8 Å². The fourth-order valence-electron chi connectivity index (χ4n) is 5.14. The first-order chi connectivity index (χ1) is 14.9. The molecule has 1 saturated carbocycles. The number of carbonyl (C=O) groups excluding carboxylic acids is 1. The number of hydrogen-bond acceptors (Lipinski definition) is 5. The van der Waals surface area contributed by atoms with Crippen molar-refractivity contribution in [3.05, 3.63) is 59.2 Å². The fraction of sp³-hybridized carbons (Fsp3) is 0.423. The van der Waals surface area contributed by atoms with Crippen molar-refractivity contribution in [1.29, 1.82) is 0 Å². The lowest BCUT2D eigenvalue weighted by atomic mass is 9.67. The molecule has 1 fully saturated rings. The first kappa shape index (κ1) is 21.4. The van der Waals surface area contributed by atoms with E-state index in [1.807, 2.05) is 30.3 Å². The maximum absolute atomic E-state index is 13.1. The van der Waals surface area contributed by atoms with Crippen LogP contribution in [-0.2, 0) is 0 Å². The van der Waals surface area contributed by atoms with Gasteiger partial charge in [0, 0.05) is 17.5 Å². The molecule has 4 atom stereocenters. The summed E-state index contributed by atoms with van der Waals surface area (Å²) in [7, 11) is 1.55. The van der Waals surface area contributed by atoms with Gasteiger partial charge in [0.05, 0.1) is 12.7 Å². The van der Waals surface area contributed by atoms with E-state index in [1.165, 1.54) is 12.1 Å². The molecule has 0 saturated heterocycles. The highest BCUT2D eigenvalue weighted by Crippen LogP contribution is 2.58. The second-order valence-electron chi connectivity index (χ2n) is 8.83. The van der Waals surface area contributed by atoms with Gasteiger partial charge in [0.15, 0.2) is 5.78 Å². The van der Waals surface area contributed by atoms with E-state index < -0.39 is 11.7 Å². The van der Waals surface area contributed by atoms with Crippen LogP contribution in [0.25, 0.3) is 6.08 Å². The number of fused-ring (bicyclic) bond motifs is 3. The lowest BCUT2D eigenvalue weighted by molar-refractivity contribution is -0.0876. The summed E-state index contributed by atoms with van der Waals surface area (Å²) in [6.45, 7) is 3.94. The molecule has 0 aromatic heterocycles. The van der Waals surface area contributed by atoms with Crippen molar-refractivity contribution in [2.45, 2.75) is 57.2 Å². The minimum Gasteiger partial charge on any atom is -0.507 e. The van der Waals surface area contributed by atoms with Gasteiger partial charge in [0.2, 0.25) is 0 Å². The van der Waals surface area contributed by atoms with Gasteiger partial charge >= 0.3 is 0 Å². The molecular formula is C26H30O5. The minimum absolute atomic E-state index is 0.0843. The number of phenolic OH excluding ortho intramolecular Hbond substituents is 1. The Labute approximate surface area is 183 Å². The Bertz CT molecular complexity index is 993. The Morgan fingerprint density at radius 3 is 2.74 bits per heavy atom. The van der Waals surface area contributed by atoms with Gasteiger partial charge in [-0.05, 0) is 43.7 Å². The van der Waals surface area contributed by atoms with Crippen LogP contribution in [0.2, 0.25) is 0 Å². The maximum atomic E-state index is 13.1. The molecule has 2 aromatic carbocycles. The summed E-state index contributed by atoms with van der Waals surface area (Å²) in [5.41, 5.74) is 0.791. The zero-order valence-corrected chi connectivity index (χ0v) is 18.3. The number of methoxy groups -OCH3 is 1. The molecule has 0 amide bonds. The van der Waals surface area contributed by atoms with E-state index in [0.29, 0.717) is 23.8 Å². The zero-order valence-electron chi connectivity index (χ0n) is 18.3. The Morgan fingerprint density at radius 2 is 2.06 bits per heavy atom. The number of rotatable bonds is 6. The molecule has 1 aliphatic heterocycles. The zero-order chi connectivity index (χ0) is 22.2. The Balaban J connectivity index is 1.80. The van der Waals surface area contributed by atoms with Crippen molar-refractivity contribution in [2.24, 2.45) is 5.92 Å². The standard InChI is InChI=1S/C26H30O5/c1-4-8-17-13-14-26(2,29)25-21(17)23-20(30-3)15-19(28)22(24(23)31-25)18(27)12-11-16-9-6-5-7-10-16/h5-7,9-12,15,17,21,25,28-29H,4,8,13-14H2,1-3H3/b12-11+/t17-,21-,25+,26+/m0/s1. The van der Waals surface area contributed by atoms with Crippen molar-refractivity contribution in [3.8, 4) is 17.2 Å². The van der Waals surface area contributed by atoms with E-state index in [9.17, 15) is 15.0 Å². The third-order valence-corrected chi connectivity index (χ3v) is 6.66. The van der Waals surface area contributed by atoms with Gasteiger partial charge in [-0.1, -0.05) is 49.8 Å². The molecule has 2 N–H and O–H groups in total. The Morgan fingerprint density at radius 1 is 1.32 bits per heavy atom. The summed E-state index contributed by atoms with van der Waals surface area (Å²) in [6.07, 6.45) is 6.23. The number of carbonyl (C=O) groups is 1. The number of ether oxygens (including phenoxy) is 2. The normalized spacial score (nSPS) is 26.9. The van der Waals surface area contributed by atoms with Gasteiger partial charge in [-0.2, -0.15) is 0 Å². The number of ketones is 1. The molecule has 5 nitrogen and oxygen atoms in total. The molecule has 31 heavy (non-hydrogen) atoms. The Kier molecular flexibility index (Phi) is 5.80. The highest BCUT2D eigenvalue weighted by Gasteiger charge is 2.54. The van der Waals surface area contributed by atoms with Crippen LogP contribution in [0.3, 0.4) is 0 Å². The van der Waals surface area contributed by atoms with E-state index in [4.69, 9.17) is 9.47 Å². The average Bonchev–Trinajstić information content (AvgIpc) is 3.16. The third-order valence-electron chi connectivity index (χ3n) is 6.66. The molecule has 0 radical (unpaired) electrons. The molecule has 4 rings (SSSR count). The third kappa shape index (κ3) is 3.83. The summed E-state index contributed by atoms with van der Waals surface area (Å²) < 4.78 is 11.9. The average molecular weight is 423 g/mol. The van der Waals surface area contributed by atoms with Gasteiger partial charge in [0.25, 0.3) is 0 Å². The first-order valence-corrected chi connectivity index (χ1v) is 11.0. The van der Waals surface area contributed by atoms with Gasteiger partial charge in [-0.15, -0.1) is 0 Å². The molecule has 0 unspecified atom stereocenters. The Hall–Kier alpha value is -2.79. The molecule has 1 heterocycles. The van der Waals surface area contributed by atoms with E-state index in [1.54, 1.807) is 20.1 Å². The number of phenols is 1. The highest BCUT2D eigenvalue weighted by atomic mass is 16.5. The lowest BCUT2D eigenvalue weighted by Crippen LogP contribution is -2.50. The minimum atomic E-state index is -1.02. The van der Waals surface area contributed by atoms with Crippen LogP contribution < -0.4 is 9.47 Å². The SMILES string of the molecule is CCC[C@H]1CC[C@@](C)(O)[C@@H]2Oc3c(C(=O)/C=C/c4ccccc4)c(O)cc(OC)c3[C@H]12. The molecule has 0 bridgehead atoms. The first-order valence-electron chi connectivity index (χ1n) is 11.0. The van der Waals surface area contributed by atoms with E-state index in [2.05, 4.69) is 6.92 Å². The number of aliphatic hydroxyl groups is 1. The van der Waals surface area contributed by atoms with Crippen molar-refractivity contribution >= 4 is 11.9 Å². The predicted octanol–water partition coefficient (Wildman–Crippen LogP) is 5.10. The number of hydrogen-bond donors (Lipinski definition) is 2. The number of benzene rings is 2. The fourth-order valence-corrected chi connectivity index (χ4v) is 5.14. The molecule has 2 aromatic rings. The van der Waals surface area contributed by atoms with Crippen LogP contribution in [0.4, 0.5) is 0 Å². The highest BCUT2D eigenvalue weighted by molar-refractivity contribution is 6.11. The topological polar surface area (TPSA) is 76.0 Å². The van der Waals surface area contributed by atoms with Crippen molar-refractivity contribution in [3.63, 3.8) is 0 Å². The molecule has 2 aliphatic rings. The van der Waals surface area contributed by atoms with Crippen LogP contribution in [0.1, 0.15) is 66.9 Å². The van der Waals surface area contributed by atoms with Gasteiger partial charge < -0.3 is 19.7 Å². The van der Waals surface area contributed by atoms with Crippen LogP contribution >= 0.6 is 0 Å². The van der Waals surface area contributed by atoms with E-state index in [0.717, 1.165) is 30.4 Å². The van der Waals surface area contributed by atoms with Gasteiger partial charge in [-0.25, -0.2) is 0 Å². The summed E-state index contributed by atoms with van der Waals surface area (Å²) in [5, 5.41) is 21.8. The summed E-state index contributed by atoms with van der Waals surface area (Å²) in [4.78, 5) is 13.1.